The van der Waals surface area contributed by atoms with Crippen molar-refractivity contribution in [2.24, 2.45) is 5.92 Å². The predicted molar refractivity (Wildman–Crippen MR) is 79.1 cm³/mol. The van der Waals surface area contributed by atoms with Gasteiger partial charge in [0.05, 0.1) is 7.11 Å². The number of pyridine rings is 1. The molecule has 20 heavy (non-hydrogen) atoms. The Balaban J connectivity index is 2.02. The Morgan fingerprint density at radius 3 is 2.90 bits per heavy atom. The Bertz CT molecular complexity index is 442. The summed E-state index contributed by atoms with van der Waals surface area (Å²) in [5, 5.41) is 3.40. The van der Waals surface area contributed by atoms with E-state index < -0.39 is 0 Å². The van der Waals surface area contributed by atoms with Crippen molar-refractivity contribution in [3.63, 3.8) is 0 Å². The van der Waals surface area contributed by atoms with Crippen LogP contribution >= 0.6 is 0 Å². The molecule has 1 aromatic rings. The van der Waals surface area contributed by atoms with Crippen LogP contribution in [-0.2, 0) is 4.74 Å². The number of anilines is 1. The van der Waals surface area contributed by atoms with E-state index in [1.165, 1.54) is 7.11 Å². The summed E-state index contributed by atoms with van der Waals surface area (Å²) in [6.07, 6.45) is 3.99. The van der Waals surface area contributed by atoms with Gasteiger partial charge in [-0.25, -0.2) is 9.78 Å². The monoisotopic (exact) mass is 277 g/mol. The SMILES string of the molecule is CCNCC1CCN(c2ncccc2C(=O)OC)CC1. The molecule has 0 atom stereocenters. The average molecular weight is 277 g/mol. The predicted octanol–water partition coefficient (Wildman–Crippen LogP) is 1.69. The molecule has 5 heteroatoms. The fraction of sp³-hybridized carbons (Fsp3) is 0.600. The number of nitrogens with one attached hydrogen (secondary N) is 1. The van der Waals surface area contributed by atoms with E-state index in [1.807, 2.05) is 0 Å². The molecule has 5 nitrogen and oxygen atoms in total. The normalized spacial score (nSPS) is 16.2. The summed E-state index contributed by atoms with van der Waals surface area (Å²) in [5.41, 5.74) is 0.556. The third kappa shape index (κ3) is 3.48. The Morgan fingerprint density at radius 2 is 2.25 bits per heavy atom. The number of aromatic nitrogens is 1. The highest BCUT2D eigenvalue weighted by molar-refractivity contribution is 5.94. The summed E-state index contributed by atoms with van der Waals surface area (Å²) in [7, 11) is 1.40. The maximum atomic E-state index is 11.8. The summed E-state index contributed by atoms with van der Waals surface area (Å²) < 4.78 is 4.83. The third-order valence-corrected chi connectivity index (χ3v) is 3.79. The zero-order chi connectivity index (χ0) is 14.4. The van der Waals surface area contributed by atoms with Gasteiger partial charge in [-0.15, -0.1) is 0 Å². The molecule has 1 N–H and O–H groups in total. The number of rotatable bonds is 5. The third-order valence-electron chi connectivity index (χ3n) is 3.79. The van der Waals surface area contributed by atoms with E-state index in [4.69, 9.17) is 4.74 Å². The van der Waals surface area contributed by atoms with E-state index in [0.29, 0.717) is 5.56 Å². The number of hydrogen-bond acceptors (Lipinski definition) is 5. The van der Waals surface area contributed by atoms with Crippen LogP contribution in [0.4, 0.5) is 5.82 Å². The molecule has 0 amide bonds. The number of esters is 1. The largest absolute Gasteiger partial charge is 0.465 e. The molecule has 0 saturated carbocycles. The average Bonchev–Trinajstić information content (AvgIpc) is 2.52. The van der Waals surface area contributed by atoms with Gasteiger partial charge in [0.25, 0.3) is 0 Å². The van der Waals surface area contributed by atoms with Gasteiger partial charge in [0.15, 0.2) is 0 Å². The van der Waals surface area contributed by atoms with Crippen molar-refractivity contribution in [3.05, 3.63) is 23.9 Å². The van der Waals surface area contributed by atoms with E-state index in [9.17, 15) is 4.79 Å². The van der Waals surface area contributed by atoms with Crippen LogP contribution in [0.15, 0.2) is 18.3 Å². The molecule has 110 valence electrons. The Hall–Kier alpha value is -1.62. The van der Waals surface area contributed by atoms with Gasteiger partial charge < -0.3 is 15.0 Å². The summed E-state index contributed by atoms with van der Waals surface area (Å²) in [4.78, 5) is 18.3. The summed E-state index contributed by atoms with van der Waals surface area (Å²) in [5.74, 6) is 1.15. The number of methoxy groups -OCH3 is 1. The van der Waals surface area contributed by atoms with Crippen LogP contribution in [0.2, 0.25) is 0 Å². The Labute approximate surface area is 120 Å². The second kappa shape index (κ2) is 7.24. The van der Waals surface area contributed by atoms with Crippen molar-refractivity contribution in [2.45, 2.75) is 19.8 Å². The van der Waals surface area contributed by atoms with Crippen molar-refractivity contribution in [1.82, 2.24) is 10.3 Å². The lowest BCUT2D eigenvalue weighted by Crippen LogP contribution is -2.38. The zero-order valence-electron chi connectivity index (χ0n) is 12.3. The molecule has 0 unspecified atom stereocenters. The van der Waals surface area contributed by atoms with Gasteiger partial charge in [0.1, 0.15) is 11.4 Å². The fourth-order valence-electron chi connectivity index (χ4n) is 2.62. The van der Waals surface area contributed by atoms with Crippen molar-refractivity contribution in [1.29, 1.82) is 0 Å². The molecule has 1 aliphatic rings. The van der Waals surface area contributed by atoms with E-state index in [-0.39, 0.29) is 5.97 Å². The van der Waals surface area contributed by atoms with Crippen molar-refractivity contribution < 1.29 is 9.53 Å². The fourth-order valence-corrected chi connectivity index (χ4v) is 2.62. The van der Waals surface area contributed by atoms with Crippen LogP contribution in [0.25, 0.3) is 0 Å². The number of piperidine rings is 1. The second-order valence-electron chi connectivity index (χ2n) is 5.10. The first-order chi connectivity index (χ1) is 9.76. The molecule has 2 heterocycles. The number of nitrogens with zero attached hydrogens (tertiary/aromatic N) is 2. The Kier molecular flexibility index (Phi) is 5.35. The lowest BCUT2D eigenvalue weighted by molar-refractivity contribution is 0.0601. The second-order valence-corrected chi connectivity index (χ2v) is 5.10. The van der Waals surface area contributed by atoms with Crippen LogP contribution in [0.5, 0.6) is 0 Å². The van der Waals surface area contributed by atoms with Gasteiger partial charge in [0.2, 0.25) is 0 Å². The molecule has 2 rings (SSSR count). The number of carbonyl (C=O) groups is 1. The van der Waals surface area contributed by atoms with Gasteiger partial charge in [-0.3, -0.25) is 0 Å². The minimum absolute atomic E-state index is 0.317. The van der Waals surface area contributed by atoms with Crippen LogP contribution in [0.1, 0.15) is 30.1 Å². The van der Waals surface area contributed by atoms with Crippen LogP contribution in [-0.4, -0.2) is 44.2 Å². The molecule has 0 aromatic carbocycles. The first-order valence-electron chi connectivity index (χ1n) is 7.25. The first kappa shape index (κ1) is 14.8. The standard InChI is InChI=1S/C15H23N3O2/c1-3-16-11-12-6-9-18(10-7-12)14-13(15(19)20-2)5-4-8-17-14/h4-5,8,12,16H,3,6-7,9-11H2,1-2H3. The quantitative estimate of drug-likeness (QED) is 0.830. The van der Waals surface area contributed by atoms with Crippen molar-refractivity contribution in [3.8, 4) is 0 Å². The number of hydrogen-bond donors (Lipinski definition) is 1. The topological polar surface area (TPSA) is 54.5 Å². The Morgan fingerprint density at radius 1 is 1.50 bits per heavy atom. The highest BCUT2D eigenvalue weighted by atomic mass is 16.5. The van der Waals surface area contributed by atoms with E-state index in [2.05, 4.69) is 22.1 Å². The smallest absolute Gasteiger partial charge is 0.341 e. The molecular formula is C15H23N3O2. The van der Waals surface area contributed by atoms with E-state index in [0.717, 1.165) is 50.8 Å². The lowest BCUT2D eigenvalue weighted by Gasteiger charge is -2.33. The van der Waals surface area contributed by atoms with Gasteiger partial charge in [0, 0.05) is 19.3 Å². The lowest BCUT2D eigenvalue weighted by atomic mass is 9.96. The molecule has 1 aliphatic heterocycles. The van der Waals surface area contributed by atoms with Gasteiger partial charge >= 0.3 is 5.97 Å². The van der Waals surface area contributed by atoms with E-state index in [1.54, 1.807) is 18.3 Å². The number of ether oxygens (including phenoxy) is 1. The maximum absolute atomic E-state index is 11.8. The molecule has 1 saturated heterocycles. The molecule has 0 spiro atoms. The summed E-state index contributed by atoms with van der Waals surface area (Å²) in [6.45, 7) is 6.11. The molecule has 0 bridgehead atoms. The van der Waals surface area contributed by atoms with Crippen molar-refractivity contribution >= 4 is 11.8 Å². The minimum atomic E-state index is -0.317. The highest BCUT2D eigenvalue weighted by Crippen LogP contribution is 2.24. The molecule has 1 aromatic heterocycles. The van der Waals surface area contributed by atoms with Gasteiger partial charge in [-0.05, 0) is 44.0 Å². The van der Waals surface area contributed by atoms with Gasteiger partial charge in [-0.1, -0.05) is 6.92 Å². The first-order valence-corrected chi connectivity index (χ1v) is 7.25. The van der Waals surface area contributed by atoms with E-state index >= 15 is 0 Å². The highest BCUT2D eigenvalue weighted by Gasteiger charge is 2.23. The van der Waals surface area contributed by atoms with Crippen LogP contribution in [0.3, 0.4) is 0 Å². The molecule has 1 fully saturated rings. The summed E-state index contributed by atoms with van der Waals surface area (Å²) >= 11 is 0. The minimum Gasteiger partial charge on any atom is -0.465 e. The van der Waals surface area contributed by atoms with Gasteiger partial charge in [-0.2, -0.15) is 0 Å². The van der Waals surface area contributed by atoms with Crippen LogP contribution in [0, 0.1) is 5.92 Å². The maximum Gasteiger partial charge on any atom is 0.341 e. The number of carbonyl (C=O) groups excluding carboxylic acids is 1. The van der Waals surface area contributed by atoms with Crippen molar-refractivity contribution in [2.75, 3.05) is 38.2 Å². The summed E-state index contributed by atoms with van der Waals surface area (Å²) in [6, 6.07) is 3.55. The molecule has 0 aliphatic carbocycles. The zero-order valence-corrected chi connectivity index (χ0v) is 12.3. The molecule has 0 radical (unpaired) electrons. The van der Waals surface area contributed by atoms with Crippen LogP contribution < -0.4 is 10.2 Å². The molecular weight excluding hydrogens is 254 g/mol.